The number of amides is 1. The van der Waals surface area contributed by atoms with Crippen LogP contribution in [0.2, 0.25) is 0 Å². The highest BCUT2D eigenvalue weighted by Gasteiger charge is 2.28. The van der Waals surface area contributed by atoms with Crippen molar-refractivity contribution in [2.75, 3.05) is 31.1 Å². The first-order chi connectivity index (χ1) is 14.7. The summed E-state index contributed by atoms with van der Waals surface area (Å²) in [5.74, 6) is 0.595. The number of carbonyl (C=O) groups is 1. The van der Waals surface area contributed by atoms with Crippen LogP contribution in [0.1, 0.15) is 24.8 Å². The van der Waals surface area contributed by atoms with Gasteiger partial charge in [0.05, 0.1) is 11.6 Å². The Labute approximate surface area is 176 Å². The van der Waals surface area contributed by atoms with Crippen LogP contribution in [0.3, 0.4) is 0 Å². The van der Waals surface area contributed by atoms with E-state index in [0.717, 1.165) is 23.4 Å². The SMILES string of the molecule is CCC(C(=O)N1CCN(c2cc(-c3cccc(F)c3)ncn2)CC1)c1ccccc1. The van der Waals surface area contributed by atoms with Crippen LogP contribution >= 0.6 is 0 Å². The fourth-order valence-corrected chi connectivity index (χ4v) is 3.94. The van der Waals surface area contributed by atoms with Gasteiger partial charge in [0, 0.05) is 37.8 Å². The first-order valence-corrected chi connectivity index (χ1v) is 10.3. The zero-order valence-electron chi connectivity index (χ0n) is 17.0. The molecule has 1 aliphatic rings. The highest BCUT2D eigenvalue weighted by molar-refractivity contribution is 5.84. The zero-order valence-corrected chi connectivity index (χ0v) is 17.0. The van der Waals surface area contributed by atoms with Gasteiger partial charge in [0.15, 0.2) is 0 Å². The first kappa shape index (κ1) is 20.0. The molecule has 0 spiro atoms. The minimum Gasteiger partial charge on any atom is -0.353 e. The van der Waals surface area contributed by atoms with E-state index in [4.69, 9.17) is 0 Å². The molecule has 1 atom stereocenters. The number of rotatable bonds is 5. The van der Waals surface area contributed by atoms with Gasteiger partial charge in [0.25, 0.3) is 0 Å². The Morgan fingerprint density at radius 1 is 1.00 bits per heavy atom. The van der Waals surface area contributed by atoms with Crippen molar-refractivity contribution in [2.24, 2.45) is 0 Å². The van der Waals surface area contributed by atoms with Gasteiger partial charge in [-0.25, -0.2) is 14.4 Å². The van der Waals surface area contributed by atoms with E-state index in [9.17, 15) is 9.18 Å². The molecule has 1 unspecified atom stereocenters. The molecule has 4 rings (SSSR count). The Kier molecular flexibility index (Phi) is 6.02. The van der Waals surface area contributed by atoms with Gasteiger partial charge >= 0.3 is 0 Å². The number of anilines is 1. The minimum atomic E-state index is -0.288. The number of nitrogens with zero attached hydrogens (tertiary/aromatic N) is 4. The number of hydrogen-bond acceptors (Lipinski definition) is 4. The molecule has 5 nitrogen and oxygen atoms in total. The molecule has 6 heteroatoms. The summed E-state index contributed by atoms with van der Waals surface area (Å²) < 4.78 is 13.6. The largest absolute Gasteiger partial charge is 0.353 e. The third kappa shape index (κ3) is 4.32. The summed E-state index contributed by atoms with van der Waals surface area (Å²) in [6.07, 6.45) is 2.29. The van der Waals surface area contributed by atoms with Gasteiger partial charge in [-0.15, -0.1) is 0 Å². The van der Waals surface area contributed by atoms with Crippen molar-refractivity contribution >= 4 is 11.7 Å². The van der Waals surface area contributed by atoms with Gasteiger partial charge in [0.2, 0.25) is 5.91 Å². The molecule has 1 aromatic heterocycles. The smallest absolute Gasteiger partial charge is 0.230 e. The van der Waals surface area contributed by atoms with E-state index in [1.807, 2.05) is 47.4 Å². The van der Waals surface area contributed by atoms with Crippen LogP contribution in [0, 0.1) is 5.82 Å². The Hall–Kier alpha value is -3.28. The summed E-state index contributed by atoms with van der Waals surface area (Å²) in [7, 11) is 0. The molecule has 0 N–H and O–H groups in total. The maximum Gasteiger partial charge on any atom is 0.230 e. The van der Waals surface area contributed by atoms with Crippen molar-refractivity contribution in [3.05, 3.63) is 78.4 Å². The van der Waals surface area contributed by atoms with Gasteiger partial charge in [-0.05, 0) is 24.1 Å². The van der Waals surface area contributed by atoms with Crippen LogP contribution in [0.15, 0.2) is 67.0 Å². The van der Waals surface area contributed by atoms with E-state index < -0.39 is 0 Å². The van der Waals surface area contributed by atoms with Crippen LogP contribution in [-0.2, 0) is 4.79 Å². The van der Waals surface area contributed by atoms with Crippen LogP contribution < -0.4 is 4.90 Å². The second-order valence-electron chi connectivity index (χ2n) is 7.46. The number of benzene rings is 2. The molecule has 0 aliphatic carbocycles. The Morgan fingerprint density at radius 2 is 1.77 bits per heavy atom. The molecule has 2 aromatic carbocycles. The van der Waals surface area contributed by atoms with Crippen LogP contribution in [-0.4, -0.2) is 47.0 Å². The monoisotopic (exact) mass is 404 g/mol. The average Bonchev–Trinajstić information content (AvgIpc) is 2.80. The third-order valence-electron chi connectivity index (χ3n) is 5.60. The predicted octanol–water partition coefficient (Wildman–Crippen LogP) is 4.13. The Bertz CT molecular complexity index is 1000. The zero-order chi connectivity index (χ0) is 20.9. The van der Waals surface area contributed by atoms with Crippen molar-refractivity contribution in [1.29, 1.82) is 0 Å². The highest BCUT2D eigenvalue weighted by atomic mass is 19.1. The predicted molar refractivity (Wildman–Crippen MR) is 116 cm³/mol. The van der Waals surface area contributed by atoms with Gasteiger partial charge in [-0.2, -0.15) is 0 Å². The lowest BCUT2D eigenvalue weighted by molar-refractivity contribution is -0.133. The lowest BCUT2D eigenvalue weighted by atomic mass is 9.95. The molecule has 30 heavy (non-hydrogen) atoms. The Balaban J connectivity index is 1.43. The van der Waals surface area contributed by atoms with Gasteiger partial charge in [-0.3, -0.25) is 4.79 Å². The molecule has 2 heterocycles. The minimum absolute atomic E-state index is 0.101. The van der Waals surface area contributed by atoms with E-state index >= 15 is 0 Å². The average molecular weight is 404 g/mol. The summed E-state index contributed by atoms with van der Waals surface area (Å²) in [6, 6.07) is 18.3. The number of piperazine rings is 1. The molecule has 0 bridgehead atoms. The standard InChI is InChI=1S/C24H25FN4O/c1-2-21(18-7-4-3-5-8-18)24(30)29-13-11-28(12-14-29)23-16-22(26-17-27-23)19-9-6-10-20(25)15-19/h3-10,15-17,21H,2,11-14H2,1H3. The summed E-state index contributed by atoms with van der Waals surface area (Å²) in [5.41, 5.74) is 2.48. The van der Waals surface area contributed by atoms with E-state index in [-0.39, 0.29) is 17.6 Å². The Morgan fingerprint density at radius 3 is 2.47 bits per heavy atom. The number of halogens is 1. The van der Waals surface area contributed by atoms with E-state index in [1.165, 1.54) is 18.5 Å². The second kappa shape index (κ2) is 9.03. The van der Waals surface area contributed by atoms with E-state index in [1.54, 1.807) is 6.07 Å². The first-order valence-electron chi connectivity index (χ1n) is 10.3. The maximum absolute atomic E-state index is 13.6. The molecule has 1 saturated heterocycles. The molecule has 1 amide bonds. The van der Waals surface area contributed by atoms with Crippen molar-refractivity contribution in [1.82, 2.24) is 14.9 Å². The molecule has 1 fully saturated rings. The maximum atomic E-state index is 13.6. The van der Waals surface area contributed by atoms with Gasteiger partial charge < -0.3 is 9.80 Å². The van der Waals surface area contributed by atoms with Crippen LogP contribution in [0.4, 0.5) is 10.2 Å². The summed E-state index contributed by atoms with van der Waals surface area (Å²) in [6.45, 7) is 4.77. The van der Waals surface area contributed by atoms with Gasteiger partial charge in [0.1, 0.15) is 18.0 Å². The molecule has 0 saturated carbocycles. The second-order valence-corrected chi connectivity index (χ2v) is 7.46. The summed E-state index contributed by atoms with van der Waals surface area (Å²) >= 11 is 0. The number of carbonyl (C=O) groups excluding carboxylic acids is 1. The fourth-order valence-electron chi connectivity index (χ4n) is 3.94. The summed E-state index contributed by atoms with van der Waals surface area (Å²) in [5, 5.41) is 0. The van der Waals surface area contributed by atoms with Crippen molar-refractivity contribution < 1.29 is 9.18 Å². The molecule has 1 aliphatic heterocycles. The van der Waals surface area contributed by atoms with Crippen molar-refractivity contribution in [2.45, 2.75) is 19.3 Å². The number of hydrogen-bond donors (Lipinski definition) is 0. The topological polar surface area (TPSA) is 49.3 Å². The molecular formula is C24H25FN4O. The van der Waals surface area contributed by atoms with Crippen molar-refractivity contribution in [3.63, 3.8) is 0 Å². The highest BCUT2D eigenvalue weighted by Crippen LogP contribution is 2.25. The normalized spacial score (nSPS) is 15.1. The van der Waals surface area contributed by atoms with Gasteiger partial charge in [-0.1, -0.05) is 49.4 Å². The number of aromatic nitrogens is 2. The fraction of sp³-hybridized carbons (Fsp3) is 0.292. The summed E-state index contributed by atoms with van der Waals surface area (Å²) in [4.78, 5) is 25.9. The van der Waals surface area contributed by atoms with Crippen LogP contribution in [0.5, 0.6) is 0 Å². The molecular weight excluding hydrogens is 379 g/mol. The molecule has 3 aromatic rings. The lowest BCUT2D eigenvalue weighted by Crippen LogP contribution is -2.50. The van der Waals surface area contributed by atoms with Crippen molar-refractivity contribution in [3.8, 4) is 11.3 Å². The molecule has 154 valence electrons. The van der Waals surface area contributed by atoms with Crippen LogP contribution in [0.25, 0.3) is 11.3 Å². The quantitative estimate of drug-likeness (QED) is 0.642. The van der Waals surface area contributed by atoms with E-state index in [0.29, 0.717) is 31.9 Å². The third-order valence-corrected chi connectivity index (χ3v) is 5.60. The lowest BCUT2D eigenvalue weighted by Gasteiger charge is -2.37. The molecule has 0 radical (unpaired) electrons. The van der Waals surface area contributed by atoms with E-state index in [2.05, 4.69) is 21.8 Å².